The van der Waals surface area contributed by atoms with E-state index in [-0.39, 0.29) is 13.1 Å². The summed E-state index contributed by atoms with van der Waals surface area (Å²) in [6.45, 7) is 0.871. The van der Waals surface area contributed by atoms with Gasteiger partial charge in [-0.3, -0.25) is 15.0 Å². The third kappa shape index (κ3) is 5.37. The normalized spacial score (nSPS) is 19.4. The number of esters is 1. The van der Waals surface area contributed by atoms with E-state index in [4.69, 9.17) is 9.47 Å². The lowest BCUT2D eigenvalue weighted by atomic mass is 10.0. The topological polar surface area (TPSA) is 85.2 Å². The molecule has 2 saturated heterocycles. The summed E-state index contributed by atoms with van der Waals surface area (Å²) in [7, 11) is 0. The molecule has 0 saturated carbocycles. The van der Waals surface area contributed by atoms with E-state index < -0.39 is 63.5 Å². The molecule has 0 unspecified atom stereocenters. The first-order valence-electron chi connectivity index (χ1n) is 12.2. The molecule has 3 aromatic rings. The van der Waals surface area contributed by atoms with Gasteiger partial charge in [-0.2, -0.15) is 13.2 Å². The highest BCUT2D eigenvalue weighted by Crippen LogP contribution is 2.49. The molecular weight excluding hydrogens is 522 g/mol. The fourth-order valence-electron chi connectivity index (χ4n) is 5.12. The number of piperazine rings is 1. The van der Waals surface area contributed by atoms with Gasteiger partial charge in [-0.1, -0.05) is 30.3 Å². The third-order valence-electron chi connectivity index (χ3n) is 6.90. The van der Waals surface area contributed by atoms with E-state index in [1.54, 1.807) is 30.3 Å². The molecule has 0 N–H and O–H groups in total. The maximum atomic E-state index is 14.5. The Kier molecular flexibility index (Phi) is 7.13. The van der Waals surface area contributed by atoms with Crippen LogP contribution < -0.4 is 9.64 Å². The molecular formula is C27H23F4N3O5. The summed E-state index contributed by atoms with van der Waals surface area (Å²) in [5, 5.41) is 11.9. The first-order chi connectivity index (χ1) is 18.6. The maximum Gasteiger partial charge on any atom is 0.422 e. The Labute approximate surface area is 220 Å². The summed E-state index contributed by atoms with van der Waals surface area (Å²) < 4.78 is 68.8. The second kappa shape index (κ2) is 10.5. The number of hydrogen-bond donors (Lipinski definition) is 0. The Morgan fingerprint density at radius 3 is 2.36 bits per heavy atom. The highest BCUT2D eigenvalue weighted by Gasteiger charge is 2.46. The number of nitro benzene ring substituents is 1. The molecule has 2 atom stereocenters. The quantitative estimate of drug-likeness (QED) is 0.171. The Morgan fingerprint density at radius 2 is 1.67 bits per heavy atom. The van der Waals surface area contributed by atoms with Crippen molar-refractivity contribution in [3.8, 4) is 11.5 Å². The Hall–Kier alpha value is -4.19. The number of nitro groups is 1. The smallest absolute Gasteiger partial charge is 0.422 e. The fraction of sp³-hybridized carbons (Fsp3) is 0.296. The third-order valence-corrected chi connectivity index (χ3v) is 6.90. The number of benzene rings is 3. The molecule has 12 heteroatoms. The van der Waals surface area contributed by atoms with Crippen molar-refractivity contribution in [3.05, 3.63) is 93.8 Å². The van der Waals surface area contributed by atoms with E-state index in [2.05, 4.69) is 0 Å². The van der Waals surface area contributed by atoms with Gasteiger partial charge in [0.2, 0.25) is 0 Å². The molecule has 3 aromatic carbocycles. The molecule has 0 bridgehead atoms. The average molecular weight is 545 g/mol. The molecule has 0 aromatic heterocycles. The van der Waals surface area contributed by atoms with Gasteiger partial charge in [-0.05, 0) is 36.8 Å². The summed E-state index contributed by atoms with van der Waals surface area (Å²) in [6, 6.07) is 14.6. The minimum Gasteiger partial charge on any atom is -0.457 e. The minimum absolute atomic E-state index is 0.0557. The lowest BCUT2D eigenvalue weighted by Gasteiger charge is -2.40. The number of ether oxygens (including phenoxy) is 2. The van der Waals surface area contributed by atoms with Crippen LogP contribution in [0.15, 0.2) is 66.7 Å². The number of carbonyl (C=O) groups is 1. The highest BCUT2D eigenvalue weighted by molar-refractivity contribution is 5.89. The number of rotatable bonds is 6. The summed E-state index contributed by atoms with van der Waals surface area (Å²) >= 11 is 0. The van der Waals surface area contributed by atoms with E-state index in [0.29, 0.717) is 25.1 Å². The first kappa shape index (κ1) is 26.4. The fourth-order valence-corrected chi connectivity index (χ4v) is 5.12. The van der Waals surface area contributed by atoms with Crippen molar-refractivity contribution in [1.82, 2.24) is 4.90 Å². The van der Waals surface area contributed by atoms with Gasteiger partial charge in [0.05, 0.1) is 16.5 Å². The van der Waals surface area contributed by atoms with E-state index in [0.717, 1.165) is 18.2 Å². The molecule has 39 heavy (non-hydrogen) atoms. The molecule has 2 aliphatic heterocycles. The predicted molar refractivity (Wildman–Crippen MR) is 132 cm³/mol. The van der Waals surface area contributed by atoms with Gasteiger partial charge in [-0.25, -0.2) is 9.18 Å². The number of carbonyl (C=O) groups excluding carboxylic acids is 1. The van der Waals surface area contributed by atoms with Crippen LogP contribution in [0, 0.1) is 15.9 Å². The van der Waals surface area contributed by atoms with Crippen LogP contribution in [0.1, 0.15) is 22.3 Å². The second-order valence-corrected chi connectivity index (χ2v) is 9.24. The van der Waals surface area contributed by atoms with Crippen LogP contribution in [-0.2, 0) is 10.9 Å². The van der Waals surface area contributed by atoms with Crippen molar-refractivity contribution >= 4 is 17.3 Å². The number of hydrogen-bond acceptors (Lipinski definition) is 7. The lowest BCUT2D eigenvalue weighted by Crippen LogP contribution is -2.54. The lowest BCUT2D eigenvalue weighted by molar-refractivity contribution is -0.384. The van der Waals surface area contributed by atoms with Crippen LogP contribution in [0.25, 0.3) is 0 Å². The van der Waals surface area contributed by atoms with E-state index in [1.165, 1.54) is 23.1 Å². The standard InChI is InChI=1S/C27H23F4N3O5/c28-18-8-4-5-9-21(18)38-23-11-10-19(34(36)37)25(24(23)27(29,30)31)33-15-14-32-13-12-22(20(32)16-33)39-26(35)17-6-2-1-3-7-17/h1-11,20,22H,12-16H2/t20-,22-/m1/s1. The van der Waals surface area contributed by atoms with Crippen molar-refractivity contribution < 1.29 is 36.8 Å². The van der Waals surface area contributed by atoms with Gasteiger partial charge in [0.1, 0.15) is 23.1 Å². The van der Waals surface area contributed by atoms with E-state index in [1.807, 2.05) is 4.90 Å². The van der Waals surface area contributed by atoms with Crippen LogP contribution >= 0.6 is 0 Å². The molecule has 0 amide bonds. The SMILES string of the molecule is O=C(O[C@@H]1CCN2CCN(c3c([N+](=O)[O-])ccc(Oc4ccccc4F)c3C(F)(F)F)C[C@H]12)c1ccccc1. The first-order valence-corrected chi connectivity index (χ1v) is 12.2. The second-order valence-electron chi connectivity index (χ2n) is 9.24. The number of nitrogens with zero attached hydrogens (tertiary/aromatic N) is 3. The Balaban J connectivity index is 1.50. The minimum atomic E-state index is -5.06. The highest BCUT2D eigenvalue weighted by atomic mass is 19.4. The molecule has 0 aliphatic carbocycles. The molecule has 2 fully saturated rings. The van der Waals surface area contributed by atoms with Crippen molar-refractivity contribution in [1.29, 1.82) is 0 Å². The van der Waals surface area contributed by atoms with Gasteiger partial charge in [-0.15, -0.1) is 0 Å². The summed E-state index contributed by atoms with van der Waals surface area (Å²) in [5.74, 6) is -2.64. The van der Waals surface area contributed by atoms with Gasteiger partial charge in [0.25, 0.3) is 5.69 Å². The van der Waals surface area contributed by atoms with Crippen LogP contribution in [0.4, 0.5) is 28.9 Å². The maximum absolute atomic E-state index is 14.5. The molecule has 2 aliphatic rings. The van der Waals surface area contributed by atoms with Crippen molar-refractivity contribution in [3.63, 3.8) is 0 Å². The molecule has 204 valence electrons. The number of halogens is 4. The summed E-state index contributed by atoms with van der Waals surface area (Å²) in [6.07, 6.45) is -5.21. The van der Waals surface area contributed by atoms with E-state index >= 15 is 0 Å². The van der Waals surface area contributed by atoms with Crippen molar-refractivity contribution in [2.45, 2.75) is 24.7 Å². The van der Waals surface area contributed by atoms with Crippen molar-refractivity contribution in [2.24, 2.45) is 0 Å². The zero-order valence-corrected chi connectivity index (χ0v) is 20.4. The largest absolute Gasteiger partial charge is 0.457 e. The van der Waals surface area contributed by atoms with Gasteiger partial charge >= 0.3 is 12.1 Å². The van der Waals surface area contributed by atoms with E-state index in [9.17, 15) is 32.5 Å². The summed E-state index contributed by atoms with van der Waals surface area (Å²) in [5.41, 5.74) is -2.45. The van der Waals surface area contributed by atoms with Crippen LogP contribution in [0.3, 0.4) is 0 Å². The molecule has 8 nitrogen and oxygen atoms in total. The Morgan fingerprint density at radius 1 is 0.949 bits per heavy atom. The van der Waals surface area contributed by atoms with Crippen LogP contribution in [0.2, 0.25) is 0 Å². The summed E-state index contributed by atoms with van der Waals surface area (Å²) in [4.78, 5) is 27.0. The molecule has 0 spiro atoms. The predicted octanol–water partition coefficient (Wildman–Crippen LogP) is 5.66. The van der Waals surface area contributed by atoms with Gasteiger partial charge in [0.15, 0.2) is 11.6 Å². The average Bonchev–Trinajstić information content (AvgIpc) is 3.31. The van der Waals surface area contributed by atoms with Crippen LogP contribution in [-0.4, -0.2) is 54.1 Å². The zero-order chi connectivity index (χ0) is 27.7. The number of alkyl halides is 3. The number of para-hydroxylation sites is 1. The number of fused-ring (bicyclic) bond motifs is 1. The molecule has 2 heterocycles. The number of anilines is 1. The molecule has 5 rings (SSSR count). The van der Waals surface area contributed by atoms with Gasteiger partial charge in [0, 0.05) is 32.2 Å². The van der Waals surface area contributed by atoms with Crippen molar-refractivity contribution in [2.75, 3.05) is 31.1 Å². The zero-order valence-electron chi connectivity index (χ0n) is 20.4. The Bertz CT molecular complexity index is 1390. The van der Waals surface area contributed by atoms with Crippen LogP contribution in [0.5, 0.6) is 11.5 Å². The monoisotopic (exact) mass is 545 g/mol. The van der Waals surface area contributed by atoms with Gasteiger partial charge < -0.3 is 14.4 Å². The molecule has 0 radical (unpaired) electrons.